The van der Waals surface area contributed by atoms with Gasteiger partial charge in [-0.3, -0.25) is 4.79 Å². The van der Waals surface area contributed by atoms with Gasteiger partial charge in [-0.05, 0) is 0 Å². The highest BCUT2D eigenvalue weighted by Gasteiger charge is 2.06. The minimum atomic E-state index is -0.0437. The van der Waals surface area contributed by atoms with Crippen LogP contribution in [-0.4, -0.2) is 47.1 Å². The highest BCUT2D eigenvalue weighted by atomic mass is 16.5. The second-order valence-electron chi connectivity index (χ2n) is 4.19. The number of fused-ring (bicyclic) bond motifs is 1. The van der Waals surface area contributed by atoms with Gasteiger partial charge in [-0.25, -0.2) is 9.97 Å². The number of aromatic nitrogens is 3. The molecule has 0 aliphatic rings. The Morgan fingerprint density at radius 1 is 1.50 bits per heavy atom. The molecule has 2 aromatic heterocycles. The van der Waals surface area contributed by atoms with Gasteiger partial charge < -0.3 is 25.5 Å². The second kappa shape index (κ2) is 6.71. The average molecular weight is 278 g/mol. The number of methoxy groups -OCH3 is 1. The first kappa shape index (κ1) is 14.1. The topological polar surface area (TPSA) is 107 Å². The van der Waals surface area contributed by atoms with Crippen molar-refractivity contribution in [3.05, 3.63) is 18.6 Å². The van der Waals surface area contributed by atoms with Gasteiger partial charge in [0.05, 0.1) is 12.8 Å². The highest BCUT2D eigenvalue weighted by molar-refractivity contribution is 5.76. The lowest BCUT2D eigenvalue weighted by Crippen LogP contribution is -2.28. The summed E-state index contributed by atoms with van der Waals surface area (Å²) in [6.45, 7) is 1.47. The number of rotatable bonds is 7. The van der Waals surface area contributed by atoms with Crippen molar-refractivity contribution in [2.24, 2.45) is 0 Å². The van der Waals surface area contributed by atoms with E-state index in [-0.39, 0.29) is 5.91 Å². The van der Waals surface area contributed by atoms with Crippen molar-refractivity contribution in [3.8, 4) is 0 Å². The van der Waals surface area contributed by atoms with Crippen molar-refractivity contribution in [1.29, 1.82) is 0 Å². The molecule has 2 heterocycles. The Kier molecular flexibility index (Phi) is 4.72. The largest absolute Gasteiger partial charge is 0.383 e. The molecule has 0 aromatic carbocycles. The number of nitrogens with one attached hydrogen (secondary N) is 2. The first-order valence-electron chi connectivity index (χ1n) is 6.29. The zero-order chi connectivity index (χ0) is 14.4. The molecule has 0 unspecified atom stereocenters. The van der Waals surface area contributed by atoms with E-state index < -0.39 is 0 Å². The van der Waals surface area contributed by atoms with Crippen molar-refractivity contribution in [2.75, 3.05) is 37.9 Å². The summed E-state index contributed by atoms with van der Waals surface area (Å²) >= 11 is 0. The van der Waals surface area contributed by atoms with Crippen LogP contribution in [0.1, 0.15) is 6.42 Å². The van der Waals surface area contributed by atoms with Gasteiger partial charge in [-0.2, -0.15) is 0 Å². The van der Waals surface area contributed by atoms with Crippen molar-refractivity contribution in [3.63, 3.8) is 0 Å². The molecule has 8 heteroatoms. The highest BCUT2D eigenvalue weighted by Crippen LogP contribution is 2.14. The quantitative estimate of drug-likeness (QED) is 0.609. The number of hydrogen-bond acceptors (Lipinski definition) is 6. The van der Waals surface area contributed by atoms with E-state index in [0.29, 0.717) is 43.4 Å². The molecule has 108 valence electrons. The number of nitrogen functional groups attached to an aromatic ring is 1. The van der Waals surface area contributed by atoms with Gasteiger partial charge in [0.25, 0.3) is 0 Å². The number of hydrogen-bond donors (Lipinski definition) is 3. The molecule has 0 radical (unpaired) electrons. The average Bonchev–Trinajstić information content (AvgIpc) is 2.87. The maximum Gasteiger partial charge on any atom is 0.221 e. The lowest BCUT2D eigenvalue weighted by Gasteiger charge is -2.08. The van der Waals surface area contributed by atoms with E-state index in [0.717, 1.165) is 0 Å². The molecule has 2 rings (SSSR count). The number of amides is 1. The summed E-state index contributed by atoms with van der Waals surface area (Å²) in [4.78, 5) is 19.9. The molecule has 20 heavy (non-hydrogen) atoms. The molecule has 0 saturated heterocycles. The van der Waals surface area contributed by atoms with Gasteiger partial charge in [-0.15, -0.1) is 0 Å². The predicted molar refractivity (Wildman–Crippen MR) is 75.4 cm³/mol. The van der Waals surface area contributed by atoms with Crippen LogP contribution in [0.4, 0.5) is 11.6 Å². The molecule has 4 N–H and O–H groups in total. The summed E-state index contributed by atoms with van der Waals surface area (Å²) in [6, 6.07) is 0. The zero-order valence-electron chi connectivity index (χ0n) is 11.3. The first-order chi connectivity index (χ1) is 9.70. The minimum absolute atomic E-state index is 0.0437. The van der Waals surface area contributed by atoms with Crippen molar-refractivity contribution in [1.82, 2.24) is 19.7 Å². The Morgan fingerprint density at radius 2 is 2.35 bits per heavy atom. The molecule has 1 amide bonds. The molecule has 0 aliphatic carbocycles. The Bertz CT molecular complexity index is 582. The molecular weight excluding hydrogens is 260 g/mol. The van der Waals surface area contributed by atoms with Gasteiger partial charge in [0.2, 0.25) is 5.91 Å². The van der Waals surface area contributed by atoms with E-state index >= 15 is 0 Å². The third kappa shape index (κ3) is 3.58. The third-order valence-electron chi connectivity index (χ3n) is 2.67. The first-order valence-corrected chi connectivity index (χ1v) is 6.29. The van der Waals surface area contributed by atoms with E-state index in [2.05, 4.69) is 20.6 Å². The minimum Gasteiger partial charge on any atom is -0.383 e. The fraction of sp³-hybridized carbons (Fsp3) is 0.417. The summed E-state index contributed by atoms with van der Waals surface area (Å²) < 4.78 is 6.63. The van der Waals surface area contributed by atoms with Crippen LogP contribution in [0.2, 0.25) is 0 Å². The summed E-state index contributed by atoms with van der Waals surface area (Å²) in [5, 5.41) is 5.81. The maximum absolute atomic E-state index is 11.5. The number of nitrogens with zero attached hydrogens (tertiary/aromatic N) is 3. The van der Waals surface area contributed by atoms with Gasteiger partial charge in [-0.1, -0.05) is 0 Å². The number of nitrogens with two attached hydrogens (primary N) is 1. The van der Waals surface area contributed by atoms with E-state index in [9.17, 15) is 4.79 Å². The molecule has 0 spiro atoms. The number of ether oxygens (including phenoxy) is 1. The zero-order valence-corrected chi connectivity index (χ0v) is 11.3. The molecule has 0 bridgehead atoms. The van der Waals surface area contributed by atoms with Gasteiger partial charge in [0.1, 0.15) is 5.82 Å². The van der Waals surface area contributed by atoms with Crippen LogP contribution in [0.5, 0.6) is 0 Å². The van der Waals surface area contributed by atoms with Gasteiger partial charge in [0, 0.05) is 39.0 Å². The lowest BCUT2D eigenvalue weighted by atomic mass is 10.4. The van der Waals surface area contributed by atoms with E-state index in [1.54, 1.807) is 30.1 Å². The summed E-state index contributed by atoms with van der Waals surface area (Å²) in [6.07, 6.45) is 5.48. The van der Waals surface area contributed by atoms with Gasteiger partial charge >= 0.3 is 0 Å². The third-order valence-corrected chi connectivity index (χ3v) is 2.67. The standard InChI is InChI=1S/C12H18N6O2/c1-20-7-5-14-10(19)2-3-15-11-12-16-4-6-18(12)8-9(13)17-11/h4,6,8H,2-3,5,7,13H2,1H3,(H,14,19)(H,15,17). The molecular formula is C12H18N6O2. The monoisotopic (exact) mass is 278 g/mol. The molecule has 8 nitrogen and oxygen atoms in total. The van der Waals surface area contributed by atoms with Crippen LogP contribution in [0.3, 0.4) is 0 Å². The fourth-order valence-corrected chi connectivity index (χ4v) is 1.75. The Labute approximate surface area is 116 Å². The van der Waals surface area contributed by atoms with Crippen LogP contribution in [0, 0.1) is 0 Å². The SMILES string of the molecule is COCCNC(=O)CCNc1nc(N)cn2ccnc12. The number of carbonyl (C=O) groups excluding carboxylic acids is 1. The van der Waals surface area contributed by atoms with Crippen molar-refractivity contribution >= 4 is 23.2 Å². The van der Waals surface area contributed by atoms with E-state index in [4.69, 9.17) is 10.5 Å². The number of carbonyl (C=O) groups is 1. The normalized spacial score (nSPS) is 10.7. The van der Waals surface area contributed by atoms with Crippen molar-refractivity contribution in [2.45, 2.75) is 6.42 Å². The fourth-order valence-electron chi connectivity index (χ4n) is 1.75. The van der Waals surface area contributed by atoms with Crippen LogP contribution >= 0.6 is 0 Å². The molecule has 0 aliphatic heterocycles. The van der Waals surface area contributed by atoms with E-state index in [1.807, 2.05) is 0 Å². The van der Waals surface area contributed by atoms with Crippen LogP contribution in [0.15, 0.2) is 18.6 Å². The summed E-state index contributed by atoms with van der Waals surface area (Å²) in [7, 11) is 1.59. The van der Waals surface area contributed by atoms with Crippen LogP contribution in [0.25, 0.3) is 5.65 Å². The molecule has 2 aromatic rings. The van der Waals surface area contributed by atoms with Crippen LogP contribution < -0.4 is 16.4 Å². The number of anilines is 2. The Hall–Kier alpha value is -2.35. The van der Waals surface area contributed by atoms with Crippen LogP contribution in [-0.2, 0) is 9.53 Å². The second-order valence-corrected chi connectivity index (χ2v) is 4.19. The summed E-state index contributed by atoms with van der Waals surface area (Å²) in [5.74, 6) is 0.917. The van der Waals surface area contributed by atoms with Gasteiger partial charge in [0.15, 0.2) is 11.5 Å². The summed E-state index contributed by atoms with van der Waals surface area (Å²) in [5.41, 5.74) is 6.38. The molecule has 0 fully saturated rings. The Balaban J connectivity index is 1.86. The van der Waals surface area contributed by atoms with Crippen molar-refractivity contribution < 1.29 is 9.53 Å². The van der Waals surface area contributed by atoms with E-state index in [1.165, 1.54) is 0 Å². The lowest BCUT2D eigenvalue weighted by molar-refractivity contribution is -0.121. The predicted octanol–water partition coefficient (Wildman–Crippen LogP) is -0.124. The molecule has 0 saturated carbocycles. The maximum atomic E-state index is 11.5. The Morgan fingerprint density at radius 3 is 3.15 bits per heavy atom. The molecule has 0 atom stereocenters. The number of imidazole rings is 1. The smallest absolute Gasteiger partial charge is 0.221 e.